The first-order chi connectivity index (χ1) is 23.7. The van der Waals surface area contributed by atoms with E-state index in [1.54, 1.807) is 92.0 Å². The molecule has 9 heteroatoms. The maximum atomic E-state index is 13.4. The van der Waals surface area contributed by atoms with Crippen molar-refractivity contribution in [3.8, 4) is 17.2 Å². The van der Waals surface area contributed by atoms with Crippen molar-refractivity contribution in [3.05, 3.63) is 119 Å². The number of hydrogen-bond acceptors (Lipinski definition) is 7. The number of Topliss-reactive ketones (excluding diaryl/α,β-unsaturated/α-hetero) is 1. The van der Waals surface area contributed by atoms with E-state index in [1.165, 1.54) is 31.1 Å². The van der Waals surface area contributed by atoms with Crippen molar-refractivity contribution in [3.63, 3.8) is 0 Å². The van der Waals surface area contributed by atoms with Crippen LogP contribution in [-0.2, 0) is 22.6 Å². The summed E-state index contributed by atoms with van der Waals surface area (Å²) in [6.45, 7) is 4.36. The number of anilines is 1. The number of hydrogen-bond donors (Lipinski definition) is 1. The van der Waals surface area contributed by atoms with Gasteiger partial charge in [0.2, 0.25) is 5.91 Å². The van der Waals surface area contributed by atoms with Crippen LogP contribution in [0.2, 0.25) is 0 Å². The first kappa shape index (κ1) is 36.4. The van der Waals surface area contributed by atoms with E-state index >= 15 is 0 Å². The van der Waals surface area contributed by atoms with Gasteiger partial charge in [0.15, 0.2) is 0 Å². The largest absolute Gasteiger partial charge is 0.497 e. The van der Waals surface area contributed by atoms with Crippen molar-refractivity contribution in [2.24, 2.45) is 0 Å². The molecule has 0 radical (unpaired) electrons. The van der Waals surface area contributed by atoms with Crippen molar-refractivity contribution in [2.75, 3.05) is 25.6 Å². The van der Waals surface area contributed by atoms with E-state index in [-0.39, 0.29) is 37.1 Å². The monoisotopic (exact) mass is 664 g/mol. The first-order valence-electron chi connectivity index (χ1n) is 16.6. The highest BCUT2D eigenvalue weighted by Gasteiger charge is 2.19. The molecule has 0 saturated heterocycles. The summed E-state index contributed by atoms with van der Waals surface area (Å²) in [5.41, 5.74) is 2.93. The van der Waals surface area contributed by atoms with Crippen LogP contribution in [0.5, 0.6) is 17.2 Å². The predicted molar refractivity (Wildman–Crippen MR) is 189 cm³/mol. The minimum Gasteiger partial charge on any atom is -0.497 e. The van der Waals surface area contributed by atoms with E-state index in [0.29, 0.717) is 40.7 Å². The molecule has 1 N–H and O–H groups in total. The molecule has 2 amide bonds. The number of carbonyl (C=O) groups excluding carboxylic acids is 4. The minimum atomic E-state index is -0.493. The van der Waals surface area contributed by atoms with Crippen molar-refractivity contribution >= 4 is 29.3 Å². The number of methoxy groups -OCH3 is 1. The van der Waals surface area contributed by atoms with Gasteiger partial charge in [-0.05, 0) is 97.3 Å². The van der Waals surface area contributed by atoms with Gasteiger partial charge in [-0.25, -0.2) is 4.79 Å². The fraction of sp³-hybridized carbons (Fsp3) is 0.300. The third-order valence-corrected chi connectivity index (χ3v) is 7.75. The number of carbonyl (C=O) groups is 4. The molecule has 0 bridgehead atoms. The van der Waals surface area contributed by atoms with E-state index in [9.17, 15) is 19.2 Å². The van der Waals surface area contributed by atoms with Crippen molar-refractivity contribution < 1.29 is 33.4 Å². The normalized spacial score (nSPS) is 10.6. The van der Waals surface area contributed by atoms with Gasteiger partial charge in [-0.15, -0.1) is 0 Å². The van der Waals surface area contributed by atoms with Gasteiger partial charge in [-0.3, -0.25) is 14.4 Å². The van der Waals surface area contributed by atoms with Crippen LogP contribution in [0.3, 0.4) is 0 Å². The lowest BCUT2D eigenvalue weighted by atomic mass is 10.1. The lowest BCUT2D eigenvalue weighted by molar-refractivity contribution is -0.118. The summed E-state index contributed by atoms with van der Waals surface area (Å²) < 4.78 is 16.5. The second-order valence-corrected chi connectivity index (χ2v) is 11.8. The molecular formula is C40H44N2O7. The molecule has 9 nitrogen and oxygen atoms in total. The van der Waals surface area contributed by atoms with E-state index in [1.807, 2.05) is 12.1 Å². The molecule has 0 aromatic heterocycles. The molecule has 4 aromatic carbocycles. The van der Waals surface area contributed by atoms with Gasteiger partial charge in [0, 0.05) is 17.8 Å². The second kappa shape index (κ2) is 18.8. The molecule has 0 aliphatic heterocycles. The SMILES string of the molecule is CCCCCCCOc1ccc(C(=O)Oc2ccc(CN(CC(C)=O)C(=O)c3ccc(NC(=O)Cc4ccc(OC)cc4)cc3)cc2)cc1. The van der Waals surface area contributed by atoms with Gasteiger partial charge < -0.3 is 24.4 Å². The van der Waals surface area contributed by atoms with E-state index in [2.05, 4.69) is 12.2 Å². The Bertz CT molecular complexity index is 1670. The number of ketones is 1. The lowest BCUT2D eigenvalue weighted by Gasteiger charge is -2.22. The van der Waals surface area contributed by atoms with Gasteiger partial charge in [0.05, 0.1) is 32.2 Å². The second-order valence-electron chi connectivity index (χ2n) is 11.8. The van der Waals surface area contributed by atoms with Gasteiger partial charge in [-0.2, -0.15) is 0 Å². The Balaban J connectivity index is 1.29. The van der Waals surface area contributed by atoms with Gasteiger partial charge in [0.25, 0.3) is 5.91 Å². The maximum absolute atomic E-state index is 13.4. The highest BCUT2D eigenvalue weighted by molar-refractivity contribution is 5.98. The topological polar surface area (TPSA) is 111 Å². The van der Waals surface area contributed by atoms with Crippen LogP contribution in [0.15, 0.2) is 97.1 Å². The molecule has 0 unspecified atom stereocenters. The van der Waals surface area contributed by atoms with Crippen LogP contribution in [0.1, 0.15) is 77.8 Å². The van der Waals surface area contributed by atoms with Crippen LogP contribution in [-0.4, -0.2) is 48.7 Å². The standard InChI is InChI=1S/C40H44N2O7/c1-4-5-6-7-8-25-48-36-23-15-33(16-24-36)40(46)49-37-21-11-31(12-22-37)28-42(27-29(2)43)39(45)32-13-17-34(18-14-32)41-38(44)26-30-9-19-35(47-3)20-10-30/h9-24H,4-8,25-28H2,1-3H3,(H,41,44). The average Bonchev–Trinajstić information content (AvgIpc) is 3.10. The molecule has 49 heavy (non-hydrogen) atoms. The number of ether oxygens (including phenoxy) is 3. The Kier molecular flexibility index (Phi) is 14.0. The Morgan fingerprint density at radius 3 is 1.90 bits per heavy atom. The molecule has 0 aliphatic rings. The number of unbranched alkanes of at least 4 members (excludes halogenated alkanes) is 4. The van der Waals surface area contributed by atoms with Crippen molar-refractivity contribution in [2.45, 2.75) is 58.9 Å². The number of nitrogens with zero attached hydrogens (tertiary/aromatic N) is 1. The number of benzene rings is 4. The lowest BCUT2D eigenvalue weighted by Crippen LogP contribution is -2.34. The molecule has 4 aromatic rings. The van der Waals surface area contributed by atoms with E-state index in [0.717, 1.165) is 24.0 Å². The third-order valence-electron chi connectivity index (χ3n) is 7.75. The average molecular weight is 665 g/mol. The molecule has 0 saturated carbocycles. The van der Waals surface area contributed by atoms with Gasteiger partial charge in [0.1, 0.15) is 23.0 Å². The first-order valence-corrected chi connectivity index (χ1v) is 16.6. The van der Waals surface area contributed by atoms with Crippen LogP contribution in [0, 0.1) is 0 Å². The molecule has 0 fully saturated rings. The quantitative estimate of drug-likeness (QED) is 0.0660. The summed E-state index contributed by atoms with van der Waals surface area (Å²) in [6.07, 6.45) is 6.00. The molecular weight excluding hydrogens is 620 g/mol. The Hall–Kier alpha value is -5.44. The third kappa shape index (κ3) is 11.9. The molecule has 0 aliphatic carbocycles. The zero-order valence-corrected chi connectivity index (χ0v) is 28.4. The van der Waals surface area contributed by atoms with E-state index < -0.39 is 5.97 Å². The Morgan fingerprint density at radius 1 is 0.673 bits per heavy atom. The molecule has 0 spiro atoms. The van der Waals surface area contributed by atoms with Crippen molar-refractivity contribution in [1.29, 1.82) is 0 Å². The highest BCUT2D eigenvalue weighted by Crippen LogP contribution is 2.20. The molecule has 4 rings (SSSR count). The van der Waals surface area contributed by atoms with Crippen molar-refractivity contribution in [1.82, 2.24) is 4.90 Å². The van der Waals surface area contributed by atoms with Gasteiger partial charge in [-0.1, -0.05) is 56.9 Å². The summed E-state index contributed by atoms with van der Waals surface area (Å²) >= 11 is 0. The molecule has 0 atom stereocenters. The van der Waals surface area contributed by atoms with Crippen LogP contribution < -0.4 is 19.5 Å². The minimum absolute atomic E-state index is 0.0749. The Labute approximate surface area is 288 Å². The molecule has 0 heterocycles. The number of amides is 2. The fourth-order valence-corrected chi connectivity index (χ4v) is 5.11. The zero-order valence-electron chi connectivity index (χ0n) is 28.4. The number of nitrogens with one attached hydrogen (secondary N) is 1. The predicted octanol–water partition coefficient (Wildman–Crippen LogP) is 7.68. The summed E-state index contributed by atoms with van der Waals surface area (Å²) in [5.74, 6) is 0.610. The zero-order chi connectivity index (χ0) is 35.0. The molecule has 256 valence electrons. The fourth-order valence-electron chi connectivity index (χ4n) is 5.11. The van der Waals surface area contributed by atoms with Crippen LogP contribution in [0.4, 0.5) is 5.69 Å². The summed E-state index contributed by atoms with van der Waals surface area (Å²) in [4.78, 5) is 52.2. The van der Waals surface area contributed by atoms with Crippen LogP contribution >= 0.6 is 0 Å². The smallest absolute Gasteiger partial charge is 0.343 e. The highest BCUT2D eigenvalue weighted by atomic mass is 16.5. The summed E-state index contributed by atoms with van der Waals surface area (Å²) in [6, 6.07) is 27.5. The van der Waals surface area contributed by atoms with Gasteiger partial charge >= 0.3 is 5.97 Å². The Morgan fingerprint density at radius 2 is 1.27 bits per heavy atom. The number of esters is 1. The van der Waals surface area contributed by atoms with Crippen LogP contribution in [0.25, 0.3) is 0 Å². The van der Waals surface area contributed by atoms with E-state index in [4.69, 9.17) is 14.2 Å². The number of rotatable bonds is 18. The maximum Gasteiger partial charge on any atom is 0.343 e. The summed E-state index contributed by atoms with van der Waals surface area (Å²) in [5, 5.41) is 2.84. The summed E-state index contributed by atoms with van der Waals surface area (Å²) in [7, 11) is 1.59.